The first-order valence-corrected chi connectivity index (χ1v) is 10.7. The van der Waals surface area contributed by atoms with Gasteiger partial charge in [0, 0.05) is 10.8 Å². The van der Waals surface area contributed by atoms with Gasteiger partial charge in [-0.1, -0.05) is 69.3 Å². The molecule has 0 aliphatic heterocycles. The number of para-hydroxylation sites is 1. The largest absolute Gasteiger partial charge is 0.477 e. The van der Waals surface area contributed by atoms with E-state index in [0.717, 1.165) is 38.6 Å². The third-order valence-corrected chi connectivity index (χ3v) is 5.94. The van der Waals surface area contributed by atoms with E-state index in [4.69, 9.17) is 0 Å². The summed E-state index contributed by atoms with van der Waals surface area (Å²) in [5.41, 5.74) is 6.23. The lowest BCUT2D eigenvalue weighted by molar-refractivity contribution is 0.0688. The molecule has 0 aliphatic carbocycles. The highest BCUT2D eigenvalue weighted by molar-refractivity contribution is 5.98. The molecular formula is C28H24N2O2. The standard InChI is InChI=1S/C28H24N2O2/c1-28(2,3)22-11-8-18(9-12-22)19-10-13-25-21(14-19)16-26(27(31)32)30(25)23-15-20-6-4-5-7-24(20)29-17-23/h4-17H,1-3H3,(H,31,32). The number of hydrogen-bond donors (Lipinski definition) is 1. The highest BCUT2D eigenvalue weighted by Crippen LogP contribution is 2.31. The van der Waals surface area contributed by atoms with E-state index < -0.39 is 5.97 Å². The first-order valence-electron chi connectivity index (χ1n) is 10.7. The predicted octanol–water partition coefficient (Wildman–Crippen LogP) is 6.84. The van der Waals surface area contributed by atoms with Gasteiger partial charge in [0.2, 0.25) is 0 Å². The van der Waals surface area contributed by atoms with Crippen molar-refractivity contribution in [2.75, 3.05) is 0 Å². The summed E-state index contributed by atoms with van der Waals surface area (Å²) in [6.07, 6.45) is 1.73. The van der Waals surface area contributed by atoms with Crippen molar-refractivity contribution in [3.05, 3.63) is 96.3 Å². The molecular weight excluding hydrogens is 396 g/mol. The van der Waals surface area contributed by atoms with Crippen molar-refractivity contribution in [1.82, 2.24) is 9.55 Å². The van der Waals surface area contributed by atoms with Gasteiger partial charge in [-0.25, -0.2) is 4.79 Å². The molecule has 0 fully saturated rings. The summed E-state index contributed by atoms with van der Waals surface area (Å²) in [5, 5.41) is 11.7. The molecule has 2 heterocycles. The minimum atomic E-state index is -0.967. The van der Waals surface area contributed by atoms with E-state index in [-0.39, 0.29) is 11.1 Å². The molecule has 0 saturated heterocycles. The number of hydrogen-bond acceptors (Lipinski definition) is 2. The smallest absolute Gasteiger partial charge is 0.352 e. The maximum Gasteiger partial charge on any atom is 0.352 e. The number of carboxylic acids is 1. The zero-order valence-corrected chi connectivity index (χ0v) is 18.3. The first kappa shape index (κ1) is 20.0. The summed E-state index contributed by atoms with van der Waals surface area (Å²) >= 11 is 0. The van der Waals surface area contributed by atoms with Crippen LogP contribution in [-0.2, 0) is 5.41 Å². The number of pyridine rings is 1. The molecule has 1 N–H and O–H groups in total. The van der Waals surface area contributed by atoms with Crippen molar-refractivity contribution in [2.24, 2.45) is 0 Å². The molecule has 5 rings (SSSR count). The van der Waals surface area contributed by atoms with E-state index in [1.165, 1.54) is 5.56 Å². The topological polar surface area (TPSA) is 55.1 Å². The van der Waals surface area contributed by atoms with Gasteiger partial charge in [-0.3, -0.25) is 4.98 Å². The highest BCUT2D eigenvalue weighted by Gasteiger charge is 2.18. The SMILES string of the molecule is CC(C)(C)c1ccc(-c2ccc3c(c2)cc(C(=O)O)n3-c2cnc3ccccc3c2)cc1. The maximum atomic E-state index is 12.1. The summed E-state index contributed by atoms with van der Waals surface area (Å²) in [6, 6.07) is 26.2. The Morgan fingerprint density at radius 3 is 2.28 bits per heavy atom. The lowest BCUT2D eigenvalue weighted by Gasteiger charge is -2.19. The lowest BCUT2D eigenvalue weighted by Crippen LogP contribution is -2.10. The van der Waals surface area contributed by atoms with E-state index in [1.807, 2.05) is 42.5 Å². The molecule has 3 aromatic carbocycles. The Kier molecular flexibility index (Phi) is 4.59. The average molecular weight is 421 g/mol. The van der Waals surface area contributed by atoms with Crippen molar-refractivity contribution in [3.8, 4) is 16.8 Å². The second kappa shape index (κ2) is 7.34. The van der Waals surface area contributed by atoms with Crippen LogP contribution in [0.25, 0.3) is 38.6 Å². The van der Waals surface area contributed by atoms with Crippen molar-refractivity contribution < 1.29 is 9.90 Å². The fourth-order valence-corrected chi connectivity index (χ4v) is 4.17. The number of fused-ring (bicyclic) bond motifs is 2. The van der Waals surface area contributed by atoms with Gasteiger partial charge >= 0.3 is 5.97 Å². The van der Waals surface area contributed by atoms with E-state index in [0.29, 0.717) is 0 Å². The first-order chi connectivity index (χ1) is 15.3. The van der Waals surface area contributed by atoms with Gasteiger partial charge in [-0.2, -0.15) is 0 Å². The second-order valence-corrected chi connectivity index (χ2v) is 9.16. The molecule has 0 radical (unpaired) electrons. The van der Waals surface area contributed by atoms with Crippen LogP contribution in [0.15, 0.2) is 85.1 Å². The molecule has 32 heavy (non-hydrogen) atoms. The van der Waals surface area contributed by atoms with Crippen molar-refractivity contribution in [2.45, 2.75) is 26.2 Å². The van der Waals surface area contributed by atoms with Crippen molar-refractivity contribution >= 4 is 27.8 Å². The highest BCUT2D eigenvalue weighted by atomic mass is 16.4. The summed E-state index contributed by atoms with van der Waals surface area (Å²) in [4.78, 5) is 16.6. The number of nitrogens with zero attached hydrogens (tertiary/aromatic N) is 2. The number of carbonyl (C=O) groups is 1. The minimum Gasteiger partial charge on any atom is -0.477 e. The van der Waals surface area contributed by atoms with E-state index in [9.17, 15) is 9.90 Å². The van der Waals surface area contributed by atoms with Crippen LogP contribution in [0.2, 0.25) is 0 Å². The van der Waals surface area contributed by atoms with Gasteiger partial charge in [0.25, 0.3) is 0 Å². The number of aromatic nitrogens is 2. The number of benzene rings is 3. The van der Waals surface area contributed by atoms with Gasteiger partial charge < -0.3 is 9.67 Å². The minimum absolute atomic E-state index is 0.101. The Bertz CT molecular complexity index is 1470. The van der Waals surface area contributed by atoms with Crippen LogP contribution in [0.4, 0.5) is 0 Å². The normalized spacial score (nSPS) is 11.8. The Morgan fingerprint density at radius 2 is 1.56 bits per heavy atom. The lowest BCUT2D eigenvalue weighted by atomic mass is 9.86. The zero-order chi connectivity index (χ0) is 22.5. The molecule has 0 saturated carbocycles. The van der Waals surface area contributed by atoms with Gasteiger partial charge in [0.1, 0.15) is 5.69 Å². The van der Waals surface area contributed by atoms with E-state index >= 15 is 0 Å². The Morgan fingerprint density at radius 1 is 0.844 bits per heavy atom. The monoisotopic (exact) mass is 420 g/mol. The Hall–Kier alpha value is -3.92. The van der Waals surface area contributed by atoms with Crippen LogP contribution < -0.4 is 0 Å². The molecule has 0 amide bonds. The molecule has 0 unspecified atom stereocenters. The molecule has 0 atom stereocenters. The van der Waals surface area contributed by atoms with Gasteiger partial charge in [0.05, 0.1) is 22.9 Å². The molecule has 0 bridgehead atoms. The van der Waals surface area contributed by atoms with Crippen LogP contribution in [0.3, 0.4) is 0 Å². The van der Waals surface area contributed by atoms with Crippen LogP contribution in [-0.4, -0.2) is 20.6 Å². The summed E-state index contributed by atoms with van der Waals surface area (Å²) < 4.78 is 1.77. The zero-order valence-electron chi connectivity index (χ0n) is 18.3. The maximum absolute atomic E-state index is 12.1. The number of carboxylic acid groups (broad SMARTS) is 1. The fraction of sp³-hybridized carbons (Fsp3) is 0.143. The van der Waals surface area contributed by atoms with E-state index in [2.05, 4.69) is 56.1 Å². The molecule has 0 spiro atoms. The third-order valence-electron chi connectivity index (χ3n) is 5.94. The fourth-order valence-electron chi connectivity index (χ4n) is 4.17. The summed E-state index contributed by atoms with van der Waals surface area (Å²) in [6.45, 7) is 6.60. The van der Waals surface area contributed by atoms with Crippen LogP contribution in [0.1, 0.15) is 36.8 Å². The van der Waals surface area contributed by atoms with Gasteiger partial charge in [-0.15, -0.1) is 0 Å². The van der Waals surface area contributed by atoms with E-state index in [1.54, 1.807) is 16.8 Å². The van der Waals surface area contributed by atoms with Crippen LogP contribution >= 0.6 is 0 Å². The van der Waals surface area contributed by atoms with Gasteiger partial charge in [0.15, 0.2) is 0 Å². The average Bonchev–Trinajstić information content (AvgIpc) is 3.17. The molecule has 4 heteroatoms. The van der Waals surface area contributed by atoms with Crippen LogP contribution in [0.5, 0.6) is 0 Å². The second-order valence-electron chi connectivity index (χ2n) is 9.16. The summed E-state index contributed by atoms with van der Waals surface area (Å²) in [7, 11) is 0. The Balaban J connectivity index is 1.64. The number of aromatic carboxylic acids is 1. The van der Waals surface area contributed by atoms with Crippen molar-refractivity contribution in [3.63, 3.8) is 0 Å². The number of rotatable bonds is 3. The van der Waals surface area contributed by atoms with Crippen molar-refractivity contribution in [1.29, 1.82) is 0 Å². The van der Waals surface area contributed by atoms with Gasteiger partial charge in [-0.05, 0) is 52.4 Å². The molecule has 2 aromatic heterocycles. The molecule has 4 nitrogen and oxygen atoms in total. The quantitative estimate of drug-likeness (QED) is 0.348. The third kappa shape index (κ3) is 3.44. The summed E-state index contributed by atoms with van der Waals surface area (Å²) in [5.74, 6) is -0.967. The predicted molar refractivity (Wildman–Crippen MR) is 130 cm³/mol. The molecule has 5 aromatic rings. The van der Waals surface area contributed by atoms with Crippen LogP contribution in [0, 0.1) is 0 Å². The Labute approximate surface area is 186 Å². The molecule has 158 valence electrons. The molecule has 0 aliphatic rings.